The maximum atomic E-state index is 10.7. The number of rotatable bonds is 2. The molecule has 0 spiro atoms. The Morgan fingerprint density at radius 1 is 1.60 bits per heavy atom. The van der Waals surface area contributed by atoms with Crippen LogP contribution in [0.15, 0.2) is 12.2 Å². The van der Waals surface area contributed by atoms with Gasteiger partial charge in [-0.25, -0.2) is 4.79 Å². The molecule has 0 rings (SSSR count). The summed E-state index contributed by atoms with van der Waals surface area (Å²) < 4.78 is 4.52. The Hall–Kier alpha value is -0.830. The van der Waals surface area contributed by atoms with E-state index in [1.165, 1.54) is 20.8 Å². The molecule has 0 fully saturated rings. The maximum absolute atomic E-state index is 10.7. The highest BCUT2D eigenvalue weighted by Crippen LogP contribution is 2.06. The fourth-order valence-corrected chi connectivity index (χ4v) is 0.314. The molecule has 0 aliphatic heterocycles. The van der Waals surface area contributed by atoms with Gasteiger partial charge < -0.3 is 9.84 Å². The molecule has 0 saturated heterocycles. The minimum absolute atomic E-state index is 0.280. The van der Waals surface area contributed by atoms with Gasteiger partial charge in [0.2, 0.25) is 5.79 Å². The van der Waals surface area contributed by atoms with Crippen LogP contribution in [0.4, 0.5) is 0 Å². The number of esters is 1. The molecule has 0 heterocycles. The summed E-state index contributed by atoms with van der Waals surface area (Å²) >= 11 is 0. The molecule has 0 amide bonds. The molecule has 0 atom stereocenters. The van der Waals surface area contributed by atoms with Crippen molar-refractivity contribution in [3.8, 4) is 0 Å². The molecule has 1 N–H and O–H groups in total. The Balaban J connectivity index is 3.93. The lowest BCUT2D eigenvalue weighted by Gasteiger charge is -2.17. The Morgan fingerprint density at radius 3 is 2.10 bits per heavy atom. The third kappa shape index (κ3) is 4.09. The van der Waals surface area contributed by atoms with Crippen LogP contribution >= 0.6 is 0 Å². The van der Waals surface area contributed by atoms with Gasteiger partial charge in [0.25, 0.3) is 0 Å². The van der Waals surface area contributed by atoms with Gasteiger partial charge in [0.15, 0.2) is 0 Å². The molecule has 0 radical (unpaired) electrons. The van der Waals surface area contributed by atoms with Crippen LogP contribution in [0.3, 0.4) is 0 Å². The van der Waals surface area contributed by atoms with E-state index >= 15 is 0 Å². The first-order chi connectivity index (χ1) is 4.33. The highest BCUT2D eigenvalue weighted by atomic mass is 16.7. The van der Waals surface area contributed by atoms with Crippen LogP contribution in [0.5, 0.6) is 0 Å². The molecule has 58 valence electrons. The summed E-state index contributed by atoms with van der Waals surface area (Å²) in [4.78, 5) is 10.7. The predicted octanol–water partition coefficient (Wildman–Crippen LogP) is 0.834. The molecule has 0 aromatic rings. The maximum Gasteiger partial charge on any atom is 0.335 e. The average molecular weight is 144 g/mol. The number of carbonyl (C=O) groups excluding carboxylic acids is 1. The van der Waals surface area contributed by atoms with Crippen molar-refractivity contribution in [2.45, 2.75) is 26.6 Å². The monoisotopic (exact) mass is 144 g/mol. The third-order valence-corrected chi connectivity index (χ3v) is 0.691. The van der Waals surface area contributed by atoms with Crippen molar-refractivity contribution in [1.82, 2.24) is 0 Å². The van der Waals surface area contributed by atoms with E-state index in [1.54, 1.807) is 0 Å². The van der Waals surface area contributed by atoms with Gasteiger partial charge in [0.05, 0.1) is 0 Å². The Morgan fingerprint density at radius 2 is 2.00 bits per heavy atom. The molecule has 10 heavy (non-hydrogen) atoms. The van der Waals surface area contributed by atoms with Crippen molar-refractivity contribution in [3.63, 3.8) is 0 Å². The summed E-state index contributed by atoms with van der Waals surface area (Å²) in [6.07, 6.45) is 0. The molecule has 0 aliphatic rings. The van der Waals surface area contributed by atoms with Gasteiger partial charge in [-0.15, -0.1) is 0 Å². The molecule has 0 aromatic carbocycles. The summed E-state index contributed by atoms with van der Waals surface area (Å²) in [5, 5.41) is 8.95. The van der Waals surface area contributed by atoms with Crippen LogP contribution in [-0.4, -0.2) is 16.9 Å². The zero-order chi connectivity index (χ0) is 8.36. The Kier molecular flexibility index (Phi) is 2.60. The van der Waals surface area contributed by atoms with Gasteiger partial charge in [-0.1, -0.05) is 6.58 Å². The van der Waals surface area contributed by atoms with Crippen molar-refractivity contribution < 1.29 is 14.6 Å². The van der Waals surface area contributed by atoms with E-state index in [1.807, 2.05) is 0 Å². The number of carbonyl (C=O) groups is 1. The quantitative estimate of drug-likeness (QED) is 0.355. The summed E-state index contributed by atoms with van der Waals surface area (Å²) in [6, 6.07) is 0. The van der Waals surface area contributed by atoms with Gasteiger partial charge in [-0.05, 0) is 6.92 Å². The molecule has 0 unspecified atom stereocenters. The lowest BCUT2D eigenvalue weighted by atomic mass is 10.3. The Labute approximate surface area is 60.3 Å². The summed E-state index contributed by atoms with van der Waals surface area (Å²) in [5.41, 5.74) is 0.280. The second-order valence-electron chi connectivity index (χ2n) is 2.62. The van der Waals surface area contributed by atoms with Crippen molar-refractivity contribution in [2.24, 2.45) is 0 Å². The van der Waals surface area contributed by atoms with Crippen molar-refractivity contribution in [1.29, 1.82) is 0 Å². The molecule has 3 nitrogen and oxygen atoms in total. The topological polar surface area (TPSA) is 46.5 Å². The smallest absolute Gasteiger partial charge is 0.335 e. The van der Waals surface area contributed by atoms with Gasteiger partial charge >= 0.3 is 5.97 Å². The van der Waals surface area contributed by atoms with Gasteiger partial charge in [0, 0.05) is 19.4 Å². The van der Waals surface area contributed by atoms with E-state index in [-0.39, 0.29) is 5.57 Å². The first kappa shape index (κ1) is 9.17. The fourth-order valence-electron chi connectivity index (χ4n) is 0.314. The minimum atomic E-state index is -1.41. The zero-order valence-corrected chi connectivity index (χ0v) is 6.47. The van der Waals surface area contributed by atoms with E-state index in [0.29, 0.717) is 0 Å². The van der Waals surface area contributed by atoms with Crippen LogP contribution in [0.1, 0.15) is 20.8 Å². The lowest BCUT2D eigenvalue weighted by Crippen LogP contribution is -2.27. The van der Waals surface area contributed by atoms with Gasteiger partial charge in [-0.2, -0.15) is 0 Å². The zero-order valence-electron chi connectivity index (χ0n) is 6.47. The third-order valence-electron chi connectivity index (χ3n) is 0.691. The number of ether oxygens (including phenoxy) is 1. The number of hydrogen-bond acceptors (Lipinski definition) is 3. The van der Waals surface area contributed by atoms with Crippen LogP contribution in [0, 0.1) is 0 Å². The molecule has 3 heteroatoms. The van der Waals surface area contributed by atoms with E-state index < -0.39 is 11.8 Å². The second kappa shape index (κ2) is 2.84. The predicted molar refractivity (Wildman–Crippen MR) is 37.2 cm³/mol. The molecule has 0 bridgehead atoms. The lowest BCUT2D eigenvalue weighted by molar-refractivity contribution is -0.190. The summed E-state index contributed by atoms with van der Waals surface area (Å²) in [5.74, 6) is -1.98. The van der Waals surface area contributed by atoms with Crippen LogP contribution in [0.25, 0.3) is 0 Å². The van der Waals surface area contributed by atoms with Crippen LogP contribution in [-0.2, 0) is 9.53 Å². The molecular weight excluding hydrogens is 132 g/mol. The second-order valence-corrected chi connectivity index (χ2v) is 2.62. The van der Waals surface area contributed by atoms with Crippen LogP contribution in [0.2, 0.25) is 0 Å². The molecule has 0 saturated carbocycles. The highest BCUT2D eigenvalue weighted by Gasteiger charge is 2.17. The largest absolute Gasteiger partial charge is 0.431 e. The van der Waals surface area contributed by atoms with Crippen molar-refractivity contribution >= 4 is 5.97 Å². The molecule has 0 aromatic heterocycles. The SMILES string of the molecule is C=C(C)C(=O)OC(C)(C)O. The molecule has 0 aliphatic carbocycles. The van der Waals surface area contributed by atoms with Crippen molar-refractivity contribution in [2.75, 3.05) is 0 Å². The summed E-state index contributed by atoms with van der Waals surface area (Å²) in [7, 11) is 0. The normalized spacial score (nSPS) is 10.8. The molecular formula is C7H12O3. The fraction of sp³-hybridized carbons (Fsp3) is 0.571. The van der Waals surface area contributed by atoms with E-state index in [2.05, 4.69) is 11.3 Å². The standard InChI is InChI=1S/C7H12O3/c1-5(2)6(8)10-7(3,4)9/h9H,1H2,2-4H3. The van der Waals surface area contributed by atoms with E-state index in [9.17, 15) is 4.79 Å². The van der Waals surface area contributed by atoms with Crippen molar-refractivity contribution in [3.05, 3.63) is 12.2 Å². The first-order valence-electron chi connectivity index (χ1n) is 2.94. The van der Waals surface area contributed by atoms with Crippen LogP contribution < -0.4 is 0 Å². The Bertz CT molecular complexity index is 153. The van der Waals surface area contributed by atoms with E-state index in [4.69, 9.17) is 5.11 Å². The summed E-state index contributed by atoms with van der Waals surface area (Å²) in [6.45, 7) is 7.64. The van der Waals surface area contributed by atoms with Gasteiger partial charge in [0.1, 0.15) is 0 Å². The van der Waals surface area contributed by atoms with E-state index in [0.717, 1.165) is 0 Å². The highest BCUT2D eigenvalue weighted by molar-refractivity contribution is 5.87. The average Bonchev–Trinajstić information content (AvgIpc) is 1.60. The minimum Gasteiger partial charge on any atom is -0.431 e. The first-order valence-corrected chi connectivity index (χ1v) is 2.94. The number of hydrogen-bond donors (Lipinski definition) is 1. The van der Waals surface area contributed by atoms with Gasteiger partial charge in [-0.3, -0.25) is 0 Å². The number of aliphatic hydroxyl groups is 1.